The average molecular weight is 230 g/mol. The molecular formula is C14H18N2O. The van der Waals surface area contributed by atoms with Crippen molar-refractivity contribution in [2.24, 2.45) is 0 Å². The Morgan fingerprint density at radius 3 is 2.88 bits per heavy atom. The van der Waals surface area contributed by atoms with Crippen molar-refractivity contribution in [3.05, 3.63) is 48.0 Å². The van der Waals surface area contributed by atoms with Gasteiger partial charge in [-0.3, -0.25) is 0 Å². The van der Waals surface area contributed by atoms with Crippen molar-refractivity contribution in [1.29, 1.82) is 0 Å². The lowest BCUT2D eigenvalue weighted by atomic mass is 10.2. The fraction of sp³-hybridized carbons (Fsp3) is 0.357. The average Bonchev–Trinajstić information content (AvgIpc) is 2.74. The Morgan fingerprint density at radius 1 is 1.35 bits per heavy atom. The first kappa shape index (κ1) is 11.7. The van der Waals surface area contributed by atoms with Gasteiger partial charge in [0.25, 0.3) is 0 Å². The summed E-state index contributed by atoms with van der Waals surface area (Å²) >= 11 is 0. The molecular weight excluding hydrogens is 212 g/mol. The van der Waals surface area contributed by atoms with E-state index in [9.17, 15) is 0 Å². The summed E-state index contributed by atoms with van der Waals surface area (Å²) in [5.41, 5.74) is 2.31. The maximum Gasteiger partial charge on any atom is 0.130 e. The lowest BCUT2D eigenvalue weighted by Crippen LogP contribution is -2.07. The molecule has 0 unspecified atom stereocenters. The largest absolute Gasteiger partial charge is 0.487 e. The van der Waals surface area contributed by atoms with Gasteiger partial charge in [0, 0.05) is 6.04 Å². The van der Waals surface area contributed by atoms with Crippen LogP contribution in [-0.2, 0) is 6.61 Å². The second-order valence-electron chi connectivity index (χ2n) is 4.49. The van der Waals surface area contributed by atoms with E-state index in [0.717, 1.165) is 11.4 Å². The monoisotopic (exact) mass is 230 g/mol. The standard InChI is InChI=1S/C14H18N2O/c1-11(2)16-10-15-8-13(16)9-17-14-6-4-5-12(3)7-14/h4-8,10-11H,9H2,1-3H3. The molecule has 2 aromatic rings. The third kappa shape index (κ3) is 2.87. The highest BCUT2D eigenvalue weighted by molar-refractivity contribution is 5.27. The number of imidazole rings is 1. The number of aryl methyl sites for hydroxylation is 1. The molecule has 90 valence electrons. The van der Waals surface area contributed by atoms with Crippen LogP contribution in [-0.4, -0.2) is 9.55 Å². The van der Waals surface area contributed by atoms with Gasteiger partial charge >= 0.3 is 0 Å². The van der Waals surface area contributed by atoms with Gasteiger partial charge in [0.2, 0.25) is 0 Å². The minimum Gasteiger partial charge on any atom is -0.487 e. The summed E-state index contributed by atoms with van der Waals surface area (Å²) in [6.07, 6.45) is 3.70. The molecule has 0 aliphatic carbocycles. The van der Waals surface area contributed by atoms with Crippen LogP contribution in [0.15, 0.2) is 36.8 Å². The van der Waals surface area contributed by atoms with Gasteiger partial charge in [-0.05, 0) is 38.5 Å². The summed E-state index contributed by atoms with van der Waals surface area (Å²) in [5, 5.41) is 0. The predicted molar refractivity (Wildman–Crippen MR) is 68.1 cm³/mol. The lowest BCUT2D eigenvalue weighted by molar-refractivity contribution is 0.292. The molecule has 0 saturated heterocycles. The fourth-order valence-electron chi connectivity index (χ4n) is 1.77. The summed E-state index contributed by atoms with van der Waals surface area (Å²) in [7, 11) is 0. The Bertz CT molecular complexity index is 488. The number of aromatic nitrogens is 2. The van der Waals surface area contributed by atoms with Gasteiger partial charge in [-0.1, -0.05) is 12.1 Å². The lowest BCUT2D eigenvalue weighted by Gasteiger charge is -2.12. The van der Waals surface area contributed by atoms with Crippen LogP contribution in [0.2, 0.25) is 0 Å². The number of ether oxygens (including phenoxy) is 1. The molecule has 3 nitrogen and oxygen atoms in total. The molecule has 0 aliphatic rings. The zero-order valence-electron chi connectivity index (χ0n) is 10.6. The van der Waals surface area contributed by atoms with Crippen molar-refractivity contribution in [2.75, 3.05) is 0 Å². The van der Waals surface area contributed by atoms with Crippen LogP contribution in [0.1, 0.15) is 31.1 Å². The summed E-state index contributed by atoms with van der Waals surface area (Å²) < 4.78 is 7.88. The van der Waals surface area contributed by atoms with E-state index in [1.807, 2.05) is 30.7 Å². The molecule has 0 spiro atoms. The smallest absolute Gasteiger partial charge is 0.130 e. The van der Waals surface area contributed by atoms with Gasteiger partial charge in [-0.15, -0.1) is 0 Å². The third-order valence-corrected chi connectivity index (χ3v) is 2.68. The Balaban J connectivity index is 2.05. The summed E-state index contributed by atoms with van der Waals surface area (Å²) in [5.74, 6) is 0.904. The minimum absolute atomic E-state index is 0.411. The molecule has 3 heteroatoms. The van der Waals surface area contributed by atoms with Crippen LogP contribution in [0.4, 0.5) is 0 Å². The number of nitrogens with zero attached hydrogens (tertiary/aromatic N) is 2. The summed E-state index contributed by atoms with van der Waals surface area (Å²) in [6, 6.07) is 8.49. The van der Waals surface area contributed by atoms with E-state index in [1.165, 1.54) is 5.56 Å². The zero-order valence-corrected chi connectivity index (χ0v) is 10.6. The van der Waals surface area contributed by atoms with Crippen LogP contribution in [0.5, 0.6) is 5.75 Å². The molecule has 1 aromatic carbocycles. The molecule has 0 aliphatic heterocycles. The zero-order chi connectivity index (χ0) is 12.3. The van der Waals surface area contributed by atoms with E-state index in [4.69, 9.17) is 4.74 Å². The van der Waals surface area contributed by atoms with Crippen LogP contribution in [0, 0.1) is 6.92 Å². The molecule has 0 saturated carbocycles. The van der Waals surface area contributed by atoms with Gasteiger partial charge in [0.05, 0.1) is 18.2 Å². The van der Waals surface area contributed by atoms with Gasteiger partial charge in [0.1, 0.15) is 12.4 Å². The Kier molecular flexibility index (Phi) is 3.47. The van der Waals surface area contributed by atoms with Crippen LogP contribution in [0.3, 0.4) is 0 Å². The maximum atomic E-state index is 5.76. The van der Waals surface area contributed by atoms with Crippen molar-refractivity contribution in [3.8, 4) is 5.75 Å². The van der Waals surface area contributed by atoms with E-state index in [-0.39, 0.29) is 0 Å². The van der Waals surface area contributed by atoms with Crippen molar-refractivity contribution in [1.82, 2.24) is 9.55 Å². The van der Waals surface area contributed by atoms with E-state index in [0.29, 0.717) is 12.6 Å². The van der Waals surface area contributed by atoms with Crippen molar-refractivity contribution in [3.63, 3.8) is 0 Å². The van der Waals surface area contributed by atoms with Crippen molar-refractivity contribution in [2.45, 2.75) is 33.4 Å². The maximum absolute atomic E-state index is 5.76. The van der Waals surface area contributed by atoms with E-state index in [1.54, 1.807) is 0 Å². The van der Waals surface area contributed by atoms with Gasteiger partial charge < -0.3 is 9.30 Å². The second kappa shape index (κ2) is 5.04. The van der Waals surface area contributed by atoms with E-state index >= 15 is 0 Å². The number of benzene rings is 1. The first-order chi connectivity index (χ1) is 8.16. The number of hydrogen-bond acceptors (Lipinski definition) is 2. The summed E-state index contributed by atoms with van der Waals surface area (Å²) in [4.78, 5) is 4.16. The molecule has 2 rings (SSSR count). The quantitative estimate of drug-likeness (QED) is 0.805. The van der Waals surface area contributed by atoms with Crippen LogP contribution >= 0.6 is 0 Å². The second-order valence-corrected chi connectivity index (χ2v) is 4.49. The Morgan fingerprint density at radius 2 is 2.18 bits per heavy atom. The van der Waals surface area contributed by atoms with E-state index < -0.39 is 0 Å². The van der Waals surface area contributed by atoms with Crippen molar-refractivity contribution >= 4 is 0 Å². The molecule has 0 atom stereocenters. The van der Waals surface area contributed by atoms with Gasteiger partial charge in [-0.2, -0.15) is 0 Å². The van der Waals surface area contributed by atoms with Gasteiger partial charge in [0.15, 0.2) is 0 Å². The Labute approximate surface area is 102 Å². The number of rotatable bonds is 4. The first-order valence-electron chi connectivity index (χ1n) is 5.87. The third-order valence-electron chi connectivity index (χ3n) is 2.68. The Hall–Kier alpha value is -1.77. The molecule has 1 aromatic heterocycles. The fourth-order valence-corrected chi connectivity index (χ4v) is 1.77. The highest BCUT2D eigenvalue weighted by atomic mass is 16.5. The molecule has 0 radical (unpaired) electrons. The van der Waals surface area contributed by atoms with Crippen LogP contribution < -0.4 is 4.74 Å². The van der Waals surface area contributed by atoms with E-state index in [2.05, 4.69) is 36.4 Å². The van der Waals surface area contributed by atoms with Crippen LogP contribution in [0.25, 0.3) is 0 Å². The first-order valence-corrected chi connectivity index (χ1v) is 5.87. The highest BCUT2D eigenvalue weighted by Crippen LogP contribution is 2.15. The number of hydrogen-bond donors (Lipinski definition) is 0. The summed E-state index contributed by atoms with van der Waals surface area (Å²) in [6.45, 7) is 6.89. The van der Waals surface area contributed by atoms with Gasteiger partial charge in [-0.25, -0.2) is 4.98 Å². The molecule has 17 heavy (non-hydrogen) atoms. The van der Waals surface area contributed by atoms with Crippen molar-refractivity contribution < 1.29 is 4.74 Å². The molecule has 0 fully saturated rings. The molecule has 0 N–H and O–H groups in total. The highest BCUT2D eigenvalue weighted by Gasteiger charge is 2.05. The minimum atomic E-state index is 0.411. The predicted octanol–water partition coefficient (Wildman–Crippen LogP) is 3.35. The topological polar surface area (TPSA) is 27.1 Å². The molecule has 1 heterocycles. The molecule has 0 amide bonds. The molecule has 0 bridgehead atoms. The normalized spacial score (nSPS) is 10.8. The SMILES string of the molecule is Cc1cccc(OCc2cncn2C(C)C)c1.